The van der Waals surface area contributed by atoms with Crippen molar-refractivity contribution in [3.8, 4) is 0 Å². The van der Waals surface area contributed by atoms with Crippen LogP contribution in [0.5, 0.6) is 0 Å². The second-order valence-electron chi connectivity index (χ2n) is 3.43. The van der Waals surface area contributed by atoms with Gasteiger partial charge in [0.2, 0.25) is 0 Å². The average molecular weight is 197 g/mol. The molecule has 0 aromatic heterocycles. The molecule has 0 aliphatic carbocycles. The smallest absolute Gasteiger partial charge is 0.126 e. The third-order valence-corrected chi connectivity index (χ3v) is 2.23. The summed E-state index contributed by atoms with van der Waals surface area (Å²) in [5, 5.41) is 8.67. The molecule has 0 aliphatic heterocycles. The van der Waals surface area contributed by atoms with E-state index in [9.17, 15) is 4.39 Å². The first-order valence-corrected chi connectivity index (χ1v) is 4.73. The van der Waals surface area contributed by atoms with Crippen LogP contribution in [0.2, 0.25) is 0 Å². The molecular weight excluding hydrogens is 181 g/mol. The van der Waals surface area contributed by atoms with Crippen LogP contribution in [0.25, 0.3) is 0 Å². The van der Waals surface area contributed by atoms with E-state index >= 15 is 0 Å². The Morgan fingerprint density at radius 1 is 1.43 bits per heavy atom. The highest BCUT2D eigenvalue weighted by molar-refractivity contribution is 5.47. The van der Waals surface area contributed by atoms with Crippen molar-refractivity contribution in [2.75, 3.05) is 25.1 Å². The van der Waals surface area contributed by atoms with Crippen LogP contribution in [0.15, 0.2) is 18.2 Å². The van der Waals surface area contributed by atoms with E-state index in [1.165, 1.54) is 6.07 Å². The molecule has 78 valence electrons. The molecule has 14 heavy (non-hydrogen) atoms. The van der Waals surface area contributed by atoms with Gasteiger partial charge in [-0.2, -0.15) is 0 Å². The SMILES string of the molecule is Cc1cc(N(C)CCCO)ccc1F. The van der Waals surface area contributed by atoms with E-state index in [0.29, 0.717) is 5.56 Å². The molecule has 0 heterocycles. The van der Waals surface area contributed by atoms with Gasteiger partial charge in [0.05, 0.1) is 0 Å². The van der Waals surface area contributed by atoms with Crippen molar-refractivity contribution in [1.29, 1.82) is 0 Å². The molecule has 0 spiro atoms. The summed E-state index contributed by atoms with van der Waals surface area (Å²) in [6.07, 6.45) is 0.729. The highest BCUT2D eigenvalue weighted by Gasteiger charge is 2.02. The molecule has 0 aliphatic rings. The van der Waals surface area contributed by atoms with E-state index in [4.69, 9.17) is 5.11 Å². The summed E-state index contributed by atoms with van der Waals surface area (Å²) in [6, 6.07) is 5.03. The van der Waals surface area contributed by atoms with Gasteiger partial charge in [-0.15, -0.1) is 0 Å². The quantitative estimate of drug-likeness (QED) is 0.797. The van der Waals surface area contributed by atoms with E-state index in [2.05, 4.69) is 0 Å². The lowest BCUT2D eigenvalue weighted by Crippen LogP contribution is -2.19. The Balaban J connectivity index is 2.70. The number of aryl methyl sites for hydroxylation is 1. The monoisotopic (exact) mass is 197 g/mol. The normalized spacial score (nSPS) is 10.3. The number of aliphatic hydroxyl groups is 1. The Hall–Kier alpha value is -1.09. The predicted molar refractivity (Wildman–Crippen MR) is 56.1 cm³/mol. The van der Waals surface area contributed by atoms with Crippen LogP contribution >= 0.6 is 0 Å². The van der Waals surface area contributed by atoms with Crippen molar-refractivity contribution in [1.82, 2.24) is 0 Å². The molecule has 0 saturated carbocycles. The summed E-state index contributed by atoms with van der Waals surface area (Å²) in [6.45, 7) is 2.71. The number of halogens is 1. The lowest BCUT2D eigenvalue weighted by atomic mass is 10.2. The highest BCUT2D eigenvalue weighted by atomic mass is 19.1. The van der Waals surface area contributed by atoms with Gasteiger partial charge in [0.1, 0.15) is 5.82 Å². The van der Waals surface area contributed by atoms with Gasteiger partial charge in [0, 0.05) is 25.9 Å². The summed E-state index contributed by atoms with van der Waals surface area (Å²) in [5.74, 6) is -0.177. The number of nitrogens with zero attached hydrogens (tertiary/aromatic N) is 1. The summed E-state index contributed by atoms with van der Waals surface area (Å²) in [5.41, 5.74) is 1.63. The van der Waals surface area contributed by atoms with Crippen LogP contribution in [0.1, 0.15) is 12.0 Å². The number of rotatable bonds is 4. The van der Waals surface area contributed by atoms with Gasteiger partial charge >= 0.3 is 0 Å². The molecule has 1 aromatic carbocycles. The summed E-state index contributed by atoms with van der Waals surface area (Å²) < 4.78 is 13.0. The highest BCUT2D eigenvalue weighted by Crippen LogP contribution is 2.17. The van der Waals surface area contributed by atoms with Gasteiger partial charge in [-0.05, 0) is 37.1 Å². The molecule has 0 bridgehead atoms. The van der Waals surface area contributed by atoms with Crippen LogP contribution in [-0.4, -0.2) is 25.3 Å². The third-order valence-electron chi connectivity index (χ3n) is 2.23. The standard InChI is InChI=1S/C11H16FNO/c1-9-8-10(4-5-11(9)12)13(2)6-3-7-14/h4-5,8,14H,3,6-7H2,1-2H3. The maximum Gasteiger partial charge on any atom is 0.126 e. The molecule has 2 nitrogen and oxygen atoms in total. The summed E-state index contributed by atoms with van der Waals surface area (Å²) >= 11 is 0. The maximum atomic E-state index is 13.0. The molecule has 0 atom stereocenters. The average Bonchev–Trinajstić information content (AvgIpc) is 2.18. The summed E-state index contributed by atoms with van der Waals surface area (Å²) in [4.78, 5) is 2.00. The minimum absolute atomic E-state index is 0.177. The van der Waals surface area contributed by atoms with Crippen LogP contribution in [0, 0.1) is 12.7 Å². The molecule has 1 aromatic rings. The Kier molecular flexibility index (Phi) is 3.89. The number of hydrogen-bond donors (Lipinski definition) is 1. The number of anilines is 1. The molecule has 0 unspecified atom stereocenters. The lowest BCUT2D eigenvalue weighted by molar-refractivity contribution is 0.290. The first kappa shape index (κ1) is 11.0. The lowest BCUT2D eigenvalue weighted by Gasteiger charge is -2.19. The minimum atomic E-state index is -0.177. The van der Waals surface area contributed by atoms with Gasteiger partial charge < -0.3 is 10.0 Å². The Morgan fingerprint density at radius 3 is 2.71 bits per heavy atom. The molecule has 0 saturated heterocycles. The van der Waals surface area contributed by atoms with Crippen LogP contribution in [-0.2, 0) is 0 Å². The van der Waals surface area contributed by atoms with Gasteiger partial charge in [0.15, 0.2) is 0 Å². The van der Waals surface area contributed by atoms with Crippen molar-refractivity contribution < 1.29 is 9.50 Å². The van der Waals surface area contributed by atoms with E-state index in [1.807, 2.05) is 18.0 Å². The largest absolute Gasteiger partial charge is 0.396 e. The second-order valence-corrected chi connectivity index (χ2v) is 3.43. The zero-order chi connectivity index (χ0) is 10.6. The molecule has 3 heteroatoms. The first-order valence-electron chi connectivity index (χ1n) is 4.73. The Bertz CT molecular complexity index is 301. The molecule has 1 rings (SSSR count). The first-order chi connectivity index (χ1) is 6.65. The predicted octanol–water partition coefficient (Wildman–Crippen LogP) is 1.95. The van der Waals surface area contributed by atoms with Gasteiger partial charge in [0.25, 0.3) is 0 Å². The van der Waals surface area contributed by atoms with Crippen molar-refractivity contribution in [3.05, 3.63) is 29.6 Å². The second kappa shape index (κ2) is 4.96. The molecule has 1 N–H and O–H groups in total. The molecule has 0 amide bonds. The van der Waals surface area contributed by atoms with Crippen LogP contribution in [0.3, 0.4) is 0 Å². The van der Waals surface area contributed by atoms with E-state index in [-0.39, 0.29) is 12.4 Å². The van der Waals surface area contributed by atoms with Crippen molar-refractivity contribution in [2.45, 2.75) is 13.3 Å². The number of aliphatic hydroxyl groups excluding tert-OH is 1. The maximum absolute atomic E-state index is 13.0. The van der Waals surface area contributed by atoms with E-state index in [0.717, 1.165) is 18.7 Å². The Labute approximate surface area is 84.0 Å². The topological polar surface area (TPSA) is 23.5 Å². The molecule has 0 fully saturated rings. The van der Waals surface area contributed by atoms with Crippen molar-refractivity contribution in [3.63, 3.8) is 0 Å². The zero-order valence-corrected chi connectivity index (χ0v) is 8.63. The minimum Gasteiger partial charge on any atom is -0.396 e. The fourth-order valence-corrected chi connectivity index (χ4v) is 1.30. The third kappa shape index (κ3) is 2.70. The van der Waals surface area contributed by atoms with Gasteiger partial charge in [-0.3, -0.25) is 0 Å². The number of benzene rings is 1. The van der Waals surface area contributed by atoms with Gasteiger partial charge in [-0.1, -0.05) is 0 Å². The van der Waals surface area contributed by atoms with Crippen LogP contribution < -0.4 is 4.90 Å². The van der Waals surface area contributed by atoms with E-state index < -0.39 is 0 Å². The van der Waals surface area contributed by atoms with Gasteiger partial charge in [-0.25, -0.2) is 4.39 Å². The fourth-order valence-electron chi connectivity index (χ4n) is 1.30. The van der Waals surface area contributed by atoms with Crippen molar-refractivity contribution in [2.24, 2.45) is 0 Å². The fraction of sp³-hybridized carbons (Fsp3) is 0.455. The Morgan fingerprint density at radius 2 is 2.14 bits per heavy atom. The molecular formula is C11H16FNO. The summed E-state index contributed by atoms with van der Waals surface area (Å²) in [7, 11) is 1.93. The molecule has 0 radical (unpaired) electrons. The zero-order valence-electron chi connectivity index (χ0n) is 8.63. The number of hydrogen-bond acceptors (Lipinski definition) is 2. The van der Waals surface area contributed by atoms with E-state index in [1.54, 1.807) is 13.0 Å². The van der Waals surface area contributed by atoms with Crippen molar-refractivity contribution >= 4 is 5.69 Å². The van der Waals surface area contributed by atoms with Crippen LogP contribution in [0.4, 0.5) is 10.1 Å².